The van der Waals surface area contributed by atoms with Crippen LogP contribution in [0.4, 0.5) is 0 Å². The normalized spacial score (nSPS) is 9.72. The summed E-state index contributed by atoms with van der Waals surface area (Å²) in [6.45, 7) is 39.0. The highest BCUT2D eigenvalue weighted by Crippen LogP contribution is 2.08. The molecular weight excluding hydrogens is 813 g/mol. The zero-order valence-electron chi connectivity index (χ0n) is 44.1. The standard InChI is InChI=1S/C9H7N.C8H6N2.C5H5N.C5H6.C4H4O.C4H4S.6C4H10/c1-2-6-9-8(4-1)5-3-7-10-9;1-2-4-8-7(3-1)9-5-6-10-8;1-2-4-6-5-3-1;3*1-2-4-5-3-1;6*1-4(2)3/h1-7H;1-6H;1-5H;1-4H,5H2;2*1-4H;6*4H,1-3H3. The fourth-order valence-electron chi connectivity index (χ4n) is 3.08. The number of pyridine rings is 2. The Kier molecular flexibility index (Phi) is 52.5. The van der Waals surface area contributed by atoms with Crippen molar-refractivity contribution in [3.05, 3.63) is 182 Å². The third-order valence-corrected chi connectivity index (χ3v) is 5.59. The summed E-state index contributed by atoms with van der Waals surface area (Å²) in [7, 11) is 0. The number of allylic oxidation sites excluding steroid dienone is 4. The summed E-state index contributed by atoms with van der Waals surface area (Å²) in [5.41, 5.74) is 2.96. The topological polar surface area (TPSA) is 64.7 Å². The maximum atomic E-state index is 4.58. The molecule has 7 aromatic rings. The van der Waals surface area contributed by atoms with Gasteiger partial charge in [0.2, 0.25) is 0 Å². The maximum Gasteiger partial charge on any atom is 0.0902 e. The van der Waals surface area contributed by atoms with Gasteiger partial charge in [0.25, 0.3) is 0 Å². The summed E-state index contributed by atoms with van der Waals surface area (Å²) in [5.74, 6) is 5.00. The quantitative estimate of drug-likeness (QED) is 0.152. The van der Waals surface area contributed by atoms with Gasteiger partial charge in [-0.1, -0.05) is 204 Å². The van der Waals surface area contributed by atoms with Gasteiger partial charge < -0.3 is 4.42 Å². The van der Waals surface area contributed by atoms with Crippen molar-refractivity contribution in [1.29, 1.82) is 0 Å². The van der Waals surface area contributed by atoms with Crippen molar-refractivity contribution in [3.63, 3.8) is 0 Å². The number of fused-ring (bicyclic) bond motifs is 2. The van der Waals surface area contributed by atoms with Gasteiger partial charge in [-0.05, 0) is 101 Å². The molecule has 0 aliphatic heterocycles. The molecule has 0 spiro atoms. The number of nitrogens with zero attached hydrogens (tertiary/aromatic N) is 4. The van der Waals surface area contributed by atoms with E-state index in [0.717, 1.165) is 58.5 Å². The second-order valence-corrected chi connectivity index (χ2v) is 19.2. The van der Waals surface area contributed by atoms with E-state index in [0.29, 0.717) is 0 Å². The smallest absolute Gasteiger partial charge is 0.0902 e. The molecule has 1 aliphatic rings. The molecule has 65 heavy (non-hydrogen) atoms. The third-order valence-electron chi connectivity index (χ3n) is 4.96. The number of hydrogen-bond acceptors (Lipinski definition) is 6. The first kappa shape index (κ1) is 66.4. The highest BCUT2D eigenvalue weighted by molar-refractivity contribution is 7.07. The van der Waals surface area contributed by atoms with Gasteiger partial charge in [-0.2, -0.15) is 11.3 Å². The highest BCUT2D eigenvalue weighted by Gasteiger charge is 1.88. The van der Waals surface area contributed by atoms with Crippen LogP contribution >= 0.6 is 11.3 Å². The Balaban J connectivity index is -0.000000319. The van der Waals surface area contributed by atoms with E-state index in [1.165, 1.54) is 5.39 Å². The van der Waals surface area contributed by atoms with E-state index in [9.17, 15) is 0 Å². The second kappa shape index (κ2) is 51.4. The Morgan fingerprint density at radius 3 is 0.985 bits per heavy atom. The van der Waals surface area contributed by atoms with Crippen LogP contribution in [0.25, 0.3) is 21.9 Å². The summed E-state index contributed by atoms with van der Waals surface area (Å²) in [6.07, 6.45) is 21.5. The highest BCUT2D eigenvalue weighted by atomic mass is 32.1. The van der Waals surface area contributed by atoms with Gasteiger partial charge >= 0.3 is 0 Å². The van der Waals surface area contributed by atoms with Gasteiger partial charge in [0.05, 0.1) is 29.1 Å². The molecule has 0 N–H and O–H groups in total. The predicted molar refractivity (Wildman–Crippen MR) is 295 cm³/mol. The van der Waals surface area contributed by atoms with E-state index >= 15 is 0 Å². The van der Waals surface area contributed by atoms with Crippen molar-refractivity contribution in [3.8, 4) is 0 Å². The monoisotopic (exact) mass is 905 g/mol. The lowest BCUT2D eigenvalue weighted by atomic mass is 10.2. The summed E-state index contributed by atoms with van der Waals surface area (Å²) < 4.78 is 4.58. The Labute approximate surface area is 404 Å². The van der Waals surface area contributed by atoms with Crippen molar-refractivity contribution in [1.82, 2.24) is 19.9 Å². The number of aromatic nitrogens is 4. The third kappa shape index (κ3) is 70.7. The van der Waals surface area contributed by atoms with Gasteiger partial charge in [-0.15, -0.1) is 0 Å². The molecule has 5 aromatic heterocycles. The van der Waals surface area contributed by atoms with E-state index < -0.39 is 0 Å². The Morgan fingerprint density at radius 2 is 0.723 bits per heavy atom. The zero-order chi connectivity index (χ0) is 49.9. The summed E-state index contributed by atoms with van der Waals surface area (Å²) in [6, 6.07) is 33.3. The first-order chi connectivity index (χ1) is 30.8. The van der Waals surface area contributed by atoms with Crippen LogP contribution in [0, 0.1) is 35.5 Å². The van der Waals surface area contributed by atoms with Crippen LogP contribution in [0.5, 0.6) is 0 Å². The van der Waals surface area contributed by atoms with E-state index in [-0.39, 0.29) is 0 Å². The molecule has 0 bridgehead atoms. The Morgan fingerprint density at radius 1 is 0.369 bits per heavy atom. The average Bonchev–Trinajstić information content (AvgIpc) is 4.10. The Bertz CT molecular complexity index is 1550. The maximum absolute atomic E-state index is 4.58. The molecule has 8 rings (SSSR count). The molecule has 1 aliphatic carbocycles. The lowest BCUT2D eigenvalue weighted by Gasteiger charge is -1.91. The fourth-order valence-corrected chi connectivity index (χ4v) is 3.54. The zero-order valence-corrected chi connectivity index (χ0v) is 44.9. The van der Waals surface area contributed by atoms with Gasteiger partial charge in [-0.25, -0.2) is 0 Å². The number of benzene rings is 2. The summed E-state index contributed by atoms with van der Waals surface area (Å²) in [5, 5.41) is 5.28. The molecule has 0 atom stereocenters. The van der Waals surface area contributed by atoms with E-state index in [1.54, 1.807) is 48.7 Å². The lowest BCUT2D eigenvalue weighted by molar-refractivity contribution is 0.567. The molecule has 5 heterocycles. The van der Waals surface area contributed by atoms with E-state index in [1.807, 2.05) is 108 Å². The van der Waals surface area contributed by atoms with Gasteiger partial charge in [-0.3, -0.25) is 19.9 Å². The van der Waals surface area contributed by atoms with Crippen LogP contribution in [0.3, 0.4) is 0 Å². The van der Waals surface area contributed by atoms with Crippen LogP contribution in [0.15, 0.2) is 186 Å². The van der Waals surface area contributed by atoms with Crippen LogP contribution in [0.1, 0.15) is 131 Å². The van der Waals surface area contributed by atoms with E-state index in [4.69, 9.17) is 0 Å². The molecular formula is C59H92N4OS. The molecule has 0 unspecified atom stereocenters. The second-order valence-electron chi connectivity index (χ2n) is 18.3. The van der Waals surface area contributed by atoms with Crippen molar-refractivity contribution in [2.24, 2.45) is 35.5 Å². The Hall–Kier alpha value is -5.20. The molecule has 5 nitrogen and oxygen atoms in total. The molecule has 2 aromatic carbocycles. The predicted octanol–water partition coefficient (Wildman–Crippen LogP) is 19.5. The van der Waals surface area contributed by atoms with Crippen LogP contribution in [0.2, 0.25) is 0 Å². The largest absolute Gasteiger partial charge is 0.473 e. The minimum atomic E-state index is 0.833. The first-order valence-corrected chi connectivity index (χ1v) is 24.3. The van der Waals surface area contributed by atoms with Crippen LogP contribution in [-0.2, 0) is 0 Å². The molecule has 360 valence electrons. The first-order valence-electron chi connectivity index (χ1n) is 23.4. The van der Waals surface area contributed by atoms with Crippen molar-refractivity contribution < 1.29 is 4.42 Å². The number of furan rings is 1. The van der Waals surface area contributed by atoms with Gasteiger partial charge in [0.1, 0.15) is 0 Å². The SMILES string of the molecule is C1=CCC=C1.CC(C)C.CC(C)C.CC(C)C.CC(C)C.CC(C)C.CC(C)C.c1ccc2ncccc2c1.c1ccc2nccnc2c1.c1ccncc1.c1ccoc1.c1ccsc1. The fraction of sp³-hybridized carbons (Fsp3) is 0.424. The van der Waals surface area contributed by atoms with Crippen molar-refractivity contribution in [2.45, 2.75) is 131 Å². The van der Waals surface area contributed by atoms with E-state index in [2.05, 4.69) is 185 Å². The molecule has 0 saturated carbocycles. The number of hydrogen-bond donors (Lipinski definition) is 0. The lowest BCUT2D eigenvalue weighted by Crippen LogP contribution is -1.78. The molecule has 0 saturated heterocycles. The number of rotatable bonds is 0. The molecule has 0 amide bonds. The number of thiophene rings is 1. The van der Waals surface area contributed by atoms with Crippen molar-refractivity contribution in [2.75, 3.05) is 0 Å². The molecule has 0 radical (unpaired) electrons. The van der Waals surface area contributed by atoms with Gasteiger partial charge in [0.15, 0.2) is 0 Å². The minimum Gasteiger partial charge on any atom is -0.473 e. The van der Waals surface area contributed by atoms with Crippen molar-refractivity contribution >= 4 is 33.3 Å². The van der Waals surface area contributed by atoms with Crippen LogP contribution in [-0.4, -0.2) is 19.9 Å². The average molecular weight is 905 g/mol. The number of para-hydroxylation sites is 3. The summed E-state index contributed by atoms with van der Waals surface area (Å²) >= 11 is 1.71. The molecule has 0 fully saturated rings. The van der Waals surface area contributed by atoms with Gasteiger partial charge in [0, 0.05) is 36.4 Å². The summed E-state index contributed by atoms with van der Waals surface area (Å²) in [4.78, 5) is 16.2. The minimum absolute atomic E-state index is 0.833. The van der Waals surface area contributed by atoms with Crippen LogP contribution < -0.4 is 0 Å². The molecule has 6 heteroatoms.